The van der Waals surface area contributed by atoms with E-state index in [1.807, 2.05) is 12.4 Å². The maximum absolute atomic E-state index is 5.92. The van der Waals surface area contributed by atoms with Crippen molar-refractivity contribution in [1.82, 2.24) is 4.98 Å². The minimum atomic E-state index is 0.438. The highest BCUT2D eigenvalue weighted by Gasteiger charge is 2.23. The molecule has 1 aliphatic rings. The molecular formula is C14H22N2S. The molecule has 17 heavy (non-hydrogen) atoms. The van der Waals surface area contributed by atoms with Crippen molar-refractivity contribution in [2.45, 2.75) is 43.1 Å². The van der Waals surface area contributed by atoms with Crippen molar-refractivity contribution in [1.29, 1.82) is 0 Å². The molecule has 1 aromatic heterocycles. The number of thioether (sulfide) groups is 1. The monoisotopic (exact) mass is 250 g/mol. The molecule has 1 heterocycles. The molecule has 1 fully saturated rings. The number of nitrogens with zero attached hydrogens (tertiary/aromatic N) is 1. The van der Waals surface area contributed by atoms with Crippen LogP contribution in [0.25, 0.3) is 0 Å². The smallest absolute Gasteiger partial charge is 0.0423 e. The van der Waals surface area contributed by atoms with Crippen LogP contribution >= 0.6 is 11.8 Å². The Kier molecular flexibility index (Phi) is 4.86. The zero-order valence-corrected chi connectivity index (χ0v) is 11.3. The van der Waals surface area contributed by atoms with Crippen molar-refractivity contribution in [3.05, 3.63) is 30.1 Å². The lowest BCUT2D eigenvalue weighted by Gasteiger charge is -2.29. The Labute approximate surface area is 108 Å². The molecule has 2 nitrogen and oxygen atoms in total. The lowest BCUT2D eigenvalue weighted by molar-refractivity contribution is 0.393. The minimum absolute atomic E-state index is 0.438. The highest BCUT2D eigenvalue weighted by Crippen LogP contribution is 2.39. The van der Waals surface area contributed by atoms with Crippen molar-refractivity contribution < 1.29 is 0 Å². The van der Waals surface area contributed by atoms with E-state index in [2.05, 4.69) is 35.8 Å². The quantitative estimate of drug-likeness (QED) is 0.890. The van der Waals surface area contributed by atoms with Crippen molar-refractivity contribution in [2.24, 2.45) is 11.7 Å². The zero-order chi connectivity index (χ0) is 12.1. The van der Waals surface area contributed by atoms with Crippen LogP contribution in [0.3, 0.4) is 0 Å². The van der Waals surface area contributed by atoms with Crippen LogP contribution in [-0.2, 0) is 0 Å². The lowest BCUT2D eigenvalue weighted by atomic mass is 9.91. The number of pyridine rings is 1. The first-order valence-electron chi connectivity index (χ1n) is 6.55. The molecule has 1 saturated carbocycles. The molecule has 0 saturated heterocycles. The molecule has 1 aromatic rings. The Morgan fingerprint density at radius 2 is 2.18 bits per heavy atom. The minimum Gasteiger partial charge on any atom is -0.329 e. The topological polar surface area (TPSA) is 38.9 Å². The van der Waals surface area contributed by atoms with Gasteiger partial charge in [-0.3, -0.25) is 4.98 Å². The molecule has 0 amide bonds. The molecule has 0 spiro atoms. The third-order valence-electron chi connectivity index (χ3n) is 3.54. The van der Waals surface area contributed by atoms with E-state index in [1.165, 1.54) is 31.2 Å². The molecule has 2 rings (SSSR count). The van der Waals surface area contributed by atoms with Gasteiger partial charge in [-0.05, 0) is 36.5 Å². The summed E-state index contributed by atoms with van der Waals surface area (Å²) in [6, 6.07) is 4.19. The molecule has 2 N–H and O–H groups in total. The Hall–Kier alpha value is -0.540. The van der Waals surface area contributed by atoms with Gasteiger partial charge < -0.3 is 5.73 Å². The molecule has 0 aliphatic heterocycles. The summed E-state index contributed by atoms with van der Waals surface area (Å²) in [5.41, 5.74) is 7.24. The fourth-order valence-electron chi connectivity index (χ4n) is 2.58. The van der Waals surface area contributed by atoms with E-state index in [0.717, 1.165) is 17.7 Å². The van der Waals surface area contributed by atoms with E-state index in [1.54, 1.807) is 0 Å². The molecule has 1 aliphatic carbocycles. The maximum Gasteiger partial charge on any atom is 0.0423 e. The molecular weight excluding hydrogens is 228 g/mol. The SMILES string of the molecule is CC1CCCC(SC(CN)c2ccncc2)C1. The van der Waals surface area contributed by atoms with Gasteiger partial charge >= 0.3 is 0 Å². The van der Waals surface area contributed by atoms with Crippen molar-refractivity contribution >= 4 is 11.8 Å². The van der Waals surface area contributed by atoms with Crippen LogP contribution < -0.4 is 5.73 Å². The van der Waals surface area contributed by atoms with E-state index in [9.17, 15) is 0 Å². The van der Waals surface area contributed by atoms with E-state index in [4.69, 9.17) is 5.73 Å². The maximum atomic E-state index is 5.92. The summed E-state index contributed by atoms with van der Waals surface area (Å²) < 4.78 is 0. The Bertz CT molecular complexity index is 328. The second kappa shape index (κ2) is 6.41. The molecule has 0 aromatic carbocycles. The fourth-order valence-corrected chi connectivity index (χ4v) is 4.22. The summed E-state index contributed by atoms with van der Waals surface area (Å²) in [6.45, 7) is 3.09. The number of hydrogen-bond donors (Lipinski definition) is 1. The summed E-state index contributed by atoms with van der Waals surface area (Å²) in [5.74, 6) is 0.886. The second-order valence-electron chi connectivity index (χ2n) is 5.03. The number of nitrogens with two attached hydrogens (primary N) is 1. The van der Waals surface area contributed by atoms with Gasteiger partial charge in [-0.1, -0.05) is 19.8 Å². The molecule has 3 atom stereocenters. The van der Waals surface area contributed by atoms with Gasteiger partial charge in [0.25, 0.3) is 0 Å². The summed E-state index contributed by atoms with van der Waals surface area (Å²) >= 11 is 2.07. The van der Waals surface area contributed by atoms with Gasteiger partial charge in [-0.15, -0.1) is 11.8 Å². The van der Waals surface area contributed by atoms with Crippen LogP contribution in [0.2, 0.25) is 0 Å². The second-order valence-corrected chi connectivity index (χ2v) is 6.54. The third kappa shape index (κ3) is 3.71. The molecule has 94 valence electrons. The summed E-state index contributed by atoms with van der Waals surface area (Å²) in [5, 5.41) is 1.23. The Balaban J connectivity index is 1.95. The van der Waals surface area contributed by atoms with Gasteiger partial charge in [0, 0.05) is 29.4 Å². The Morgan fingerprint density at radius 3 is 2.82 bits per heavy atom. The van der Waals surface area contributed by atoms with E-state index < -0.39 is 0 Å². The molecule has 0 bridgehead atoms. The van der Waals surface area contributed by atoms with Gasteiger partial charge in [0.15, 0.2) is 0 Å². The van der Waals surface area contributed by atoms with Crippen LogP contribution in [0.1, 0.15) is 43.4 Å². The van der Waals surface area contributed by atoms with Crippen LogP contribution in [0, 0.1) is 5.92 Å². The number of rotatable bonds is 4. The lowest BCUT2D eigenvalue weighted by Crippen LogP contribution is -2.19. The largest absolute Gasteiger partial charge is 0.329 e. The standard InChI is InChI=1S/C14H22N2S/c1-11-3-2-4-13(9-11)17-14(10-15)12-5-7-16-8-6-12/h5-8,11,13-14H,2-4,9-10,15H2,1H3. The van der Waals surface area contributed by atoms with Gasteiger partial charge in [0.1, 0.15) is 0 Å². The van der Waals surface area contributed by atoms with E-state index >= 15 is 0 Å². The fraction of sp³-hybridized carbons (Fsp3) is 0.643. The van der Waals surface area contributed by atoms with Crippen LogP contribution in [0.5, 0.6) is 0 Å². The van der Waals surface area contributed by atoms with Gasteiger partial charge in [0.05, 0.1) is 0 Å². The highest BCUT2D eigenvalue weighted by atomic mass is 32.2. The van der Waals surface area contributed by atoms with Crippen molar-refractivity contribution in [3.8, 4) is 0 Å². The summed E-state index contributed by atoms with van der Waals surface area (Å²) in [7, 11) is 0. The summed E-state index contributed by atoms with van der Waals surface area (Å²) in [4.78, 5) is 4.07. The van der Waals surface area contributed by atoms with Crippen molar-refractivity contribution in [3.63, 3.8) is 0 Å². The van der Waals surface area contributed by atoms with Crippen LogP contribution in [0.15, 0.2) is 24.5 Å². The van der Waals surface area contributed by atoms with Crippen LogP contribution in [0.4, 0.5) is 0 Å². The predicted octanol–water partition coefficient (Wildman–Crippen LogP) is 3.39. The first-order chi connectivity index (χ1) is 8.29. The van der Waals surface area contributed by atoms with Gasteiger partial charge in [-0.25, -0.2) is 0 Å². The first kappa shape index (κ1) is 12.9. The van der Waals surface area contributed by atoms with Crippen LogP contribution in [-0.4, -0.2) is 16.8 Å². The normalized spacial score (nSPS) is 26.7. The van der Waals surface area contributed by atoms with Gasteiger partial charge in [-0.2, -0.15) is 0 Å². The molecule has 3 unspecified atom stereocenters. The number of hydrogen-bond acceptors (Lipinski definition) is 3. The van der Waals surface area contributed by atoms with E-state index in [0.29, 0.717) is 5.25 Å². The van der Waals surface area contributed by atoms with Gasteiger partial charge in [0.2, 0.25) is 0 Å². The van der Waals surface area contributed by atoms with Crippen molar-refractivity contribution in [2.75, 3.05) is 6.54 Å². The number of aromatic nitrogens is 1. The average molecular weight is 250 g/mol. The highest BCUT2D eigenvalue weighted by molar-refractivity contribution is 8.00. The average Bonchev–Trinajstić information content (AvgIpc) is 2.37. The first-order valence-corrected chi connectivity index (χ1v) is 7.49. The summed E-state index contributed by atoms with van der Waals surface area (Å²) in [6.07, 6.45) is 9.22. The predicted molar refractivity (Wildman–Crippen MR) is 75.0 cm³/mol. The molecule has 3 heteroatoms. The zero-order valence-electron chi connectivity index (χ0n) is 10.5. The molecule has 0 radical (unpaired) electrons. The third-order valence-corrected chi connectivity index (χ3v) is 5.14. The Morgan fingerprint density at radius 1 is 1.41 bits per heavy atom. The van der Waals surface area contributed by atoms with E-state index in [-0.39, 0.29) is 0 Å².